The van der Waals surface area contributed by atoms with Crippen LogP contribution in [0.3, 0.4) is 0 Å². The van der Waals surface area contributed by atoms with Crippen molar-refractivity contribution >= 4 is 12.1 Å². The Morgan fingerprint density at radius 2 is 1.61 bits per heavy atom. The highest BCUT2D eigenvalue weighted by Gasteiger charge is 2.20. The van der Waals surface area contributed by atoms with E-state index in [1.165, 1.54) is 64.2 Å². The van der Waals surface area contributed by atoms with Gasteiger partial charge in [-0.2, -0.15) is 0 Å². The van der Waals surface area contributed by atoms with Crippen molar-refractivity contribution in [2.45, 2.75) is 95.4 Å². The Balaban J connectivity index is 0.000000254. The van der Waals surface area contributed by atoms with Crippen LogP contribution in [0.2, 0.25) is 0 Å². The van der Waals surface area contributed by atoms with Gasteiger partial charge in [0.05, 0.1) is 0 Å². The molecule has 3 N–H and O–H groups in total. The van der Waals surface area contributed by atoms with Crippen LogP contribution in [0.25, 0.3) is 10.4 Å². The zero-order valence-corrected chi connectivity index (χ0v) is 19.3. The number of hydrogen-bond acceptors (Lipinski definition) is 5. The Hall–Kier alpha value is -2.77. The number of aliphatic carboxylic acids is 1. The fourth-order valence-corrected chi connectivity index (χ4v) is 4.27. The van der Waals surface area contributed by atoms with Gasteiger partial charge in [-0.25, -0.2) is 9.59 Å². The number of carbonyl (C=O) groups is 2. The number of carboxylic acid groups (broad SMARTS) is 1. The molecule has 0 aromatic heterocycles. The van der Waals surface area contributed by atoms with Crippen molar-refractivity contribution in [1.82, 2.24) is 10.6 Å². The highest BCUT2D eigenvalue weighted by molar-refractivity contribution is 5.79. The largest absolute Gasteiger partial charge is 0.480 e. The maximum Gasteiger partial charge on any atom is 0.408 e. The van der Waals surface area contributed by atoms with Crippen LogP contribution in [-0.4, -0.2) is 41.8 Å². The van der Waals surface area contributed by atoms with Gasteiger partial charge in [0.1, 0.15) is 12.6 Å². The third-order valence-corrected chi connectivity index (χ3v) is 6.07. The van der Waals surface area contributed by atoms with E-state index in [0.717, 1.165) is 17.6 Å². The standard InChI is InChI=1S/C12H14N4O4.C12H23N/c13-16-14-7-6-10(11(17)18)15-12(19)20-8-9-4-2-1-3-5-9;1-3-7-11(8-4-1)13-12-9-5-2-6-10-12/h1-5,10H,6-8H2,(H,15,19)(H,17,18);11-13H,1-10H2/t10-;/m0./s1. The first kappa shape index (κ1) is 26.5. The summed E-state index contributed by atoms with van der Waals surface area (Å²) >= 11 is 0. The molecule has 0 heterocycles. The lowest BCUT2D eigenvalue weighted by atomic mass is 9.91. The fourth-order valence-electron chi connectivity index (χ4n) is 4.27. The summed E-state index contributed by atoms with van der Waals surface area (Å²) in [5, 5.41) is 18.2. The van der Waals surface area contributed by atoms with Gasteiger partial charge in [0, 0.05) is 23.5 Å². The van der Waals surface area contributed by atoms with Crippen LogP contribution in [0, 0.1) is 0 Å². The molecule has 0 spiro atoms. The number of carbonyl (C=O) groups excluding carboxylic acids is 1. The molecule has 2 aliphatic rings. The summed E-state index contributed by atoms with van der Waals surface area (Å²) in [6.45, 7) is 0.0296. The monoisotopic (exact) mass is 459 g/mol. The van der Waals surface area contributed by atoms with Gasteiger partial charge in [0.15, 0.2) is 0 Å². The molecule has 0 unspecified atom stereocenters. The summed E-state index contributed by atoms with van der Waals surface area (Å²) in [5.74, 6) is -1.21. The number of carboxylic acids is 1. The highest BCUT2D eigenvalue weighted by Crippen LogP contribution is 2.22. The van der Waals surface area contributed by atoms with Gasteiger partial charge in [-0.3, -0.25) is 0 Å². The van der Waals surface area contributed by atoms with Crippen LogP contribution in [0.1, 0.15) is 76.2 Å². The van der Waals surface area contributed by atoms with E-state index in [9.17, 15) is 9.59 Å². The van der Waals surface area contributed by atoms with Crippen LogP contribution >= 0.6 is 0 Å². The summed E-state index contributed by atoms with van der Waals surface area (Å²) in [6, 6.07) is 9.59. The number of rotatable bonds is 9. The Bertz CT molecular complexity index is 726. The first-order valence-electron chi connectivity index (χ1n) is 12.1. The van der Waals surface area contributed by atoms with E-state index in [4.69, 9.17) is 15.4 Å². The maximum atomic E-state index is 11.5. The molecule has 182 valence electrons. The predicted molar refractivity (Wildman–Crippen MR) is 127 cm³/mol. The molecule has 1 atom stereocenters. The highest BCUT2D eigenvalue weighted by atomic mass is 16.5. The van der Waals surface area contributed by atoms with E-state index in [2.05, 4.69) is 20.7 Å². The molecule has 2 saturated carbocycles. The average molecular weight is 460 g/mol. The van der Waals surface area contributed by atoms with Gasteiger partial charge >= 0.3 is 12.1 Å². The van der Waals surface area contributed by atoms with E-state index in [1.54, 1.807) is 24.3 Å². The van der Waals surface area contributed by atoms with E-state index < -0.39 is 18.1 Å². The molecule has 0 aliphatic heterocycles. The summed E-state index contributed by atoms with van der Waals surface area (Å²) in [5.41, 5.74) is 8.90. The number of nitrogens with zero attached hydrogens (tertiary/aromatic N) is 3. The van der Waals surface area contributed by atoms with Gasteiger partial charge in [0.25, 0.3) is 0 Å². The smallest absolute Gasteiger partial charge is 0.408 e. The van der Waals surface area contributed by atoms with Crippen LogP contribution < -0.4 is 10.6 Å². The molecule has 2 aliphatic carbocycles. The second-order valence-electron chi connectivity index (χ2n) is 8.68. The van der Waals surface area contributed by atoms with Crippen molar-refractivity contribution in [2.24, 2.45) is 5.11 Å². The molecule has 0 radical (unpaired) electrons. The van der Waals surface area contributed by atoms with Crippen molar-refractivity contribution < 1.29 is 19.4 Å². The minimum atomic E-state index is -1.21. The Morgan fingerprint density at radius 3 is 2.12 bits per heavy atom. The zero-order valence-electron chi connectivity index (χ0n) is 19.3. The van der Waals surface area contributed by atoms with Gasteiger partial charge in [-0.15, -0.1) is 0 Å². The van der Waals surface area contributed by atoms with Crippen molar-refractivity contribution in [1.29, 1.82) is 0 Å². The Morgan fingerprint density at radius 1 is 1.03 bits per heavy atom. The number of benzene rings is 1. The summed E-state index contributed by atoms with van der Waals surface area (Å²) in [7, 11) is 0. The van der Waals surface area contributed by atoms with Gasteiger partial charge < -0.3 is 20.5 Å². The molecule has 33 heavy (non-hydrogen) atoms. The molecule has 0 bridgehead atoms. The fraction of sp³-hybridized carbons (Fsp3) is 0.667. The molecule has 2 fully saturated rings. The molecule has 9 nitrogen and oxygen atoms in total. The normalized spacial score (nSPS) is 17.6. The average Bonchev–Trinajstić information content (AvgIpc) is 2.84. The number of azide groups is 1. The third kappa shape index (κ3) is 11.6. The van der Waals surface area contributed by atoms with Gasteiger partial charge in [-0.05, 0) is 43.2 Å². The van der Waals surface area contributed by atoms with Gasteiger partial charge in [0.2, 0.25) is 0 Å². The quantitative estimate of drug-likeness (QED) is 0.261. The van der Waals surface area contributed by atoms with Crippen LogP contribution in [0.15, 0.2) is 35.4 Å². The zero-order chi connectivity index (χ0) is 23.7. The molecule has 3 rings (SSSR count). The number of hydrogen-bond donors (Lipinski definition) is 3. The van der Waals surface area contributed by atoms with Crippen LogP contribution in [0.5, 0.6) is 0 Å². The van der Waals surface area contributed by atoms with Gasteiger partial charge in [-0.1, -0.05) is 74.0 Å². The lowest BCUT2D eigenvalue weighted by molar-refractivity contribution is -0.139. The molecular formula is C24H37N5O4. The summed E-state index contributed by atoms with van der Waals surface area (Å²) < 4.78 is 4.90. The summed E-state index contributed by atoms with van der Waals surface area (Å²) in [4.78, 5) is 24.9. The van der Waals surface area contributed by atoms with E-state index in [0.29, 0.717) is 0 Å². The number of amides is 1. The van der Waals surface area contributed by atoms with Crippen molar-refractivity contribution in [3.63, 3.8) is 0 Å². The Labute approximate surface area is 195 Å². The predicted octanol–water partition coefficient (Wildman–Crippen LogP) is 5.31. The minimum absolute atomic E-state index is 0.000168. The van der Waals surface area contributed by atoms with E-state index in [-0.39, 0.29) is 19.6 Å². The van der Waals surface area contributed by atoms with E-state index >= 15 is 0 Å². The topological polar surface area (TPSA) is 136 Å². The third-order valence-electron chi connectivity index (χ3n) is 6.07. The molecule has 0 saturated heterocycles. The number of nitrogens with one attached hydrogen (secondary N) is 2. The molecule has 1 amide bonds. The number of ether oxygens (including phenoxy) is 1. The first-order valence-corrected chi connectivity index (χ1v) is 12.1. The lowest BCUT2D eigenvalue weighted by Gasteiger charge is -2.30. The van der Waals surface area contributed by atoms with Crippen LogP contribution in [0.4, 0.5) is 4.79 Å². The Kier molecular flexibility index (Phi) is 12.8. The molecular weight excluding hydrogens is 422 g/mol. The van der Waals surface area contributed by atoms with Crippen molar-refractivity contribution in [3.8, 4) is 0 Å². The maximum absolute atomic E-state index is 11.5. The van der Waals surface area contributed by atoms with Crippen molar-refractivity contribution in [3.05, 3.63) is 46.3 Å². The molecule has 1 aromatic carbocycles. The lowest BCUT2D eigenvalue weighted by Crippen LogP contribution is -2.41. The summed E-state index contributed by atoms with van der Waals surface area (Å²) in [6.07, 6.45) is 13.7. The van der Waals surface area contributed by atoms with E-state index in [1.807, 2.05) is 6.07 Å². The molecule has 9 heteroatoms. The van der Waals surface area contributed by atoms with Crippen LogP contribution in [-0.2, 0) is 16.1 Å². The first-order chi connectivity index (χ1) is 16.1. The second-order valence-corrected chi connectivity index (χ2v) is 8.68. The SMILES string of the molecule is C1CCC(NC2CCCCC2)CC1.[N-]=[N+]=NCC[C@H](NC(=O)OCc1ccccc1)C(=O)O. The minimum Gasteiger partial charge on any atom is -0.480 e. The second kappa shape index (κ2) is 15.9. The number of alkyl carbamates (subject to hydrolysis) is 1. The van der Waals surface area contributed by atoms with Crippen molar-refractivity contribution in [2.75, 3.05) is 6.54 Å². The molecule has 1 aromatic rings.